The Morgan fingerprint density at radius 2 is 1.93 bits per heavy atom. The molecule has 1 aliphatic heterocycles. The van der Waals surface area contributed by atoms with Gasteiger partial charge in [-0.05, 0) is 26.8 Å². The van der Waals surface area contributed by atoms with E-state index >= 15 is 0 Å². The van der Waals surface area contributed by atoms with E-state index in [-0.39, 0.29) is 5.92 Å². The van der Waals surface area contributed by atoms with Gasteiger partial charge in [-0.3, -0.25) is 4.79 Å². The highest BCUT2D eigenvalue weighted by atomic mass is 16.2. The highest BCUT2D eigenvalue weighted by molar-refractivity contribution is 5.79. The fourth-order valence-electron chi connectivity index (χ4n) is 2.34. The summed E-state index contributed by atoms with van der Waals surface area (Å²) in [5.74, 6) is 0.594. The van der Waals surface area contributed by atoms with Gasteiger partial charge in [0.25, 0.3) is 0 Å². The summed E-state index contributed by atoms with van der Waals surface area (Å²) in [6.07, 6.45) is 1.93. The van der Waals surface area contributed by atoms with Crippen molar-refractivity contribution in [3.05, 3.63) is 0 Å². The number of rotatable bonds is 3. The number of carbonyl (C=O) groups is 1. The molecule has 0 N–H and O–H groups in total. The van der Waals surface area contributed by atoms with Crippen molar-refractivity contribution in [2.24, 2.45) is 5.92 Å². The van der Waals surface area contributed by atoms with Gasteiger partial charge in [-0.1, -0.05) is 13.8 Å². The van der Waals surface area contributed by atoms with Crippen LogP contribution in [-0.2, 0) is 4.79 Å². The molecule has 15 heavy (non-hydrogen) atoms. The lowest BCUT2D eigenvalue weighted by Crippen LogP contribution is -2.54. The van der Waals surface area contributed by atoms with E-state index in [1.807, 2.05) is 0 Å². The van der Waals surface area contributed by atoms with Crippen molar-refractivity contribution in [1.82, 2.24) is 9.80 Å². The second-order valence-corrected chi connectivity index (χ2v) is 4.66. The molecule has 1 heterocycles. The molecule has 0 radical (unpaired) electrons. The molecule has 1 amide bonds. The molecule has 1 atom stereocenters. The smallest absolute Gasteiger partial charge is 0.225 e. The standard InChI is InChI=1S/C12H24N2O/c1-5-11(6-2)12(15)14-8-7-13(4)9-10(14)3/h10-11H,5-9H2,1-4H3. The van der Waals surface area contributed by atoms with Crippen LogP contribution in [0.15, 0.2) is 0 Å². The molecular weight excluding hydrogens is 188 g/mol. The molecule has 0 aliphatic carbocycles. The predicted molar refractivity (Wildman–Crippen MR) is 62.7 cm³/mol. The number of piperazine rings is 1. The molecule has 1 fully saturated rings. The minimum atomic E-state index is 0.232. The van der Waals surface area contributed by atoms with E-state index in [0.717, 1.165) is 32.5 Å². The van der Waals surface area contributed by atoms with Crippen molar-refractivity contribution in [3.63, 3.8) is 0 Å². The average molecular weight is 212 g/mol. The van der Waals surface area contributed by atoms with Crippen LogP contribution in [0.3, 0.4) is 0 Å². The van der Waals surface area contributed by atoms with Crippen molar-refractivity contribution in [2.45, 2.75) is 39.7 Å². The van der Waals surface area contributed by atoms with Crippen LogP contribution in [0.4, 0.5) is 0 Å². The molecule has 0 spiro atoms. The Balaban J connectivity index is 2.59. The van der Waals surface area contributed by atoms with Gasteiger partial charge < -0.3 is 9.80 Å². The van der Waals surface area contributed by atoms with Gasteiger partial charge in [0, 0.05) is 31.6 Å². The molecule has 3 heteroatoms. The lowest BCUT2D eigenvalue weighted by Gasteiger charge is -2.39. The summed E-state index contributed by atoms with van der Waals surface area (Å²) in [6.45, 7) is 9.27. The summed E-state index contributed by atoms with van der Waals surface area (Å²) in [5.41, 5.74) is 0. The Kier molecular flexibility index (Phi) is 4.58. The number of likely N-dealkylation sites (N-methyl/N-ethyl adjacent to an activating group) is 1. The maximum absolute atomic E-state index is 12.2. The fraction of sp³-hybridized carbons (Fsp3) is 0.917. The van der Waals surface area contributed by atoms with E-state index < -0.39 is 0 Å². The summed E-state index contributed by atoms with van der Waals surface area (Å²) in [5, 5.41) is 0. The normalized spacial score (nSPS) is 23.5. The lowest BCUT2D eigenvalue weighted by atomic mass is 10.00. The highest BCUT2D eigenvalue weighted by Gasteiger charge is 2.28. The van der Waals surface area contributed by atoms with Gasteiger partial charge in [-0.25, -0.2) is 0 Å². The maximum Gasteiger partial charge on any atom is 0.225 e. The summed E-state index contributed by atoms with van der Waals surface area (Å²) >= 11 is 0. The molecule has 3 nitrogen and oxygen atoms in total. The van der Waals surface area contributed by atoms with Gasteiger partial charge in [0.05, 0.1) is 0 Å². The average Bonchev–Trinajstić information content (AvgIpc) is 2.19. The first kappa shape index (κ1) is 12.5. The Morgan fingerprint density at radius 1 is 1.33 bits per heavy atom. The van der Waals surface area contributed by atoms with E-state index in [9.17, 15) is 4.79 Å². The topological polar surface area (TPSA) is 23.6 Å². The van der Waals surface area contributed by atoms with Crippen LogP contribution >= 0.6 is 0 Å². The van der Waals surface area contributed by atoms with Gasteiger partial charge >= 0.3 is 0 Å². The largest absolute Gasteiger partial charge is 0.337 e. The lowest BCUT2D eigenvalue weighted by molar-refractivity contribution is -0.140. The van der Waals surface area contributed by atoms with Crippen LogP contribution in [0.25, 0.3) is 0 Å². The van der Waals surface area contributed by atoms with E-state index in [0.29, 0.717) is 11.9 Å². The predicted octanol–water partition coefficient (Wildman–Crippen LogP) is 1.59. The summed E-state index contributed by atoms with van der Waals surface area (Å²) in [6, 6.07) is 0.372. The van der Waals surface area contributed by atoms with E-state index in [2.05, 4.69) is 37.6 Å². The van der Waals surface area contributed by atoms with Crippen LogP contribution in [0.5, 0.6) is 0 Å². The van der Waals surface area contributed by atoms with E-state index in [1.165, 1.54) is 0 Å². The van der Waals surface area contributed by atoms with Crippen molar-refractivity contribution in [3.8, 4) is 0 Å². The summed E-state index contributed by atoms with van der Waals surface area (Å²) in [7, 11) is 2.12. The third-order valence-corrected chi connectivity index (χ3v) is 3.45. The molecule has 0 aromatic rings. The van der Waals surface area contributed by atoms with Gasteiger partial charge in [0.1, 0.15) is 0 Å². The second-order valence-electron chi connectivity index (χ2n) is 4.66. The zero-order chi connectivity index (χ0) is 11.4. The van der Waals surface area contributed by atoms with Gasteiger partial charge in [0.2, 0.25) is 5.91 Å². The Bertz CT molecular complexity index is 214. The first-order chi connectivity index (χ1) is 7.10. The van der Waals surface area contributed by atoms with Crippen LogP contribution < -0.4 is 0 Å². The molecule has 88 valence electrons. The zero-order valence-corrected chi connectivity index (χ0v) is 10.5. The van der Waals surface area contributed by atoms with E-state index in [4.69, 9.17) is 0 Å². The van der Waals surface area contributed by atoms with Crippen LogP contribution in [0.1, 0.15) is 33.6 Å². The van der Waals surface area contributed by atoms with E-state index in [1.54, 1.807) is 0 Å². The monoisotopic (exact) mass is 212 g/mol. The molecule has 0 saturated carbocycles. The molecule has 0 bridgehead atoms. The quantitative estimate of drug-likeness (QED) is 0.709. The summed E-state index contributed by atoms with van der Waals surface area (Å²) < 4.78 is 0. The van der Waals surface area contributed by atoms with Crippen molar-refractivity contribution >= 4 is 5.91 Å². The first-order valence-electron chi connectivity index (χ1n) is 6.09. The number of hydrogen-bond acceptors (Lipinski definition) is 2. The third kappa shape index (κ3) is 2.94. The zero-order valence-electron chi connectivity index (χ0n) is 10.5. The van der Waals surface area contributed by atoms with Gasteiger partial charge in [-0.15, -0.1) is 0 Å². The van der Waals surface area contributed by atoms with Crippen LogP contribution in [0.2, 0.25) is 0 Å². The maximum atomic E-state index is 12.2. The second kappa shape index (κ2) is 5.50. The highest BCUT2D eigenvalue weighted by Crippen LogP contribution is 2.16. The number of nitrogens with zero attached hydrogens (tertiary/aromatic N) is 2. The molecule has 1 saturated heterocycles. The molecule has 1 aliphatic rings. The molecule has 1 rings (SSSR count). The molecular formula is C12H24N2O. The number of amides is 1. The first-order valence-corrected chi connectivity index (χ1v) is 6.09. The fourth-order valence-corrected chi connectivity index (χ4v) is 2.34. The summed E-state index contributed by atoms with van der Waals surface area (Å²) in [4.78, 5) is 16.5. The third-order valence-electron chi connectivity index (χ3n) is 3.45. The van der Waals surface area contributed by atoms with Gasteiger partial charge in [-0.2, -0.15) is 0 Å². The Hall–Kier alpha value is -0.570. The molecule has 0 aromatic heterocycles. The minimum Gasteiger partial charge on any atom is -0.337 e. The number of hydrogen-bond donors (Lipinski definition) is 0. The minimum absolute atomic E-state index is 0.232. The van der Waals surface area contributed by atoms with Crippen LogP contribution in [-0.4, -0.2) is 48.4 Å². The Labute approximate surface area is 93.4 Å². The van der Waals surface area contributed by atoms with Crippen LogP contribution in [0, 0.1) is 5.92 Å². The van der Waals surface area contributed by atoms with Gasteiger partial charge in [0.15, 0.2) is 0 Å². The SMILES string of the molecule is CCC(CC)C(=O)N1CCN(C)CC1C. The molecule has 0 aromatic carbocycles. The van der Waals surface area contributed by atoms with Crippen molar-refractivity contribution < 1.29 is 4.79 Å². The Morgan fingerprint density at radius 3 is 2.40 bits per heavy atom. The van der Waals surface area contributed by atoms with Crippen molar-refractivity contribution in [2.75, 3.05) is 26.7 Å². The van der Waals surface area contributed by atoms with Crippen molar-refractivity contribution in [1.29, 1.82) is 0 Å². The number of carbonyl (C=O) groups excluding carboxylic acids is 1. The molecule has 1 unspecified atom stereocenters.